The largest absolute Gasteiger partial charge is 0.0622 e. The van der Waals surface area contributed by atoms with Gasteiger partial charge in [0.15, 0.2) is 0 Å². The molecule has 0 spiro atoms. The molecule has 5 aromatic rings. The minimum atomic E-state index is -2.10. The van der Waals surface area contributed by atoms with Crippen LogP contribution in [-0.2, 0) is 6.42 Å². The number of fused-ring (bicyclic) bond motifs is 3. The summed E-state index contributed by atoms with van der Waals surface area (Å²) in [6.45, 7) is -2.10. The number of hydrogen-bond donors (Lipinski definition) is 0. The van der Waals surface area contributed by atoms with Crippen molar-refractivity contribution >= 4 is 28.1 Å². The highest BCUT2D eigenvalue weighted by Gasteiger charge is 2.33. The molecule has 5 aromatic carbocycles. The van der Waals surface area contributed by atoms with Crippen LogP contribution in [0.1, 0.15) is 11.1 Å². The van der Waals surface area contributed by atoms with E-state index in [0.29, 0.717) is 0 Å². The summed E-state index contributed by atoms with van der Waals surface area (Å²) < 4.78 is 0. The summed E-state index contributed by atoms with van der Waals surface area (Å²) in [4.78, 5) is 0. The molecule has 0 saturated carbocycles. The molecule has 1 aliphatic rings. The maximum Gasteiger partial charge on any atom is -0.000301 e. The van der Waals surface area contributed by atoms with Crippen molar-refractivity contribution in [1.29, 1.82) is 0 Å². The normalized spacial score (nSPS) is 12.7. The average Bonchev–Trinajstić information content (AvgIpc) is 2.91. The summed E-state index contributed by atoms with van der Waals surface area (Å²) in [5, 5.41) is 5.77. The Bertz CT molecular complexity index is 1360. The first-order valence-electron chi connectivity index (χ1n) is 11.5. The smallest absolute Gasteiger partial charge is 0.000301 e. The van der Waals surface area contributed by atoms with Crippen molar-refractivity contribution in [2.75, 3.05) is 0 Å². The Balaban J connectivity index is 1.86. The van der Waals surface area contributed by atoms with Gasteiger partial charge in [0, 0.05) is 0 Å². The van der Waals surface area contributed by atoms with Crippen molar-refractivity contribution in [3.63, 3.8) is 0 Å². The Morgan fingerprint density at radius 2 is 0.758 bits per heavy atom. The molecule has 1 heteroatoms. The molecule has 0 nitrogen and oxygen atoms in total. The number of rotatable bonds is 3. The molecule has 0 saturated heterocycles. The van der Waals surface area contributed by atoms with Crippen LogP contribution in [0.4, 0.5) is 0 Å². The minimum Gasteiger partial charge on any atom is -0.0622 e. The van der Waals surface area contributed by atoms with E-state index in [9.17, 15) is 0 Å². The first kappa shape index (κ1) is 20.0. The summed E-state index contributed by atoms with van der Waals surface area (Å²) in [5.74, 6) is 0. The molecule has 0 radical (unpaired) electrons. The van der Waals surface area contributed by atoms with E-state index < -0.39 is 6.89 Å². The lowest BCUT2D eigenvalue weighted by Gasteiger charge is -2.36. The SMILES string of the molecule is c1ccc(P(=C2Cc3ccccc3-c3ccccc32)(c2ccccc2)c2ccccc2)cc1. The van der Waals surface area contributed by atoms with E-state index in [0.717, 1.165) is 6.42 Å². The average molecular weight is 441 g/mol. The Kier molecular flexibility index (Phi) is 5.10. The van der Waals surface area contributed by atoms with Gasteiger partial charge in [-0.05, 0) is 56.8 Å². The van der Waals surface area contributed by atoms with E-state index in [1.807, 2.05) is 0 Å². The van der Waals surface area contributed by atoms with Gasteiger partial charge in [0.05, 0.1) is 0 Å². The van der Waals surface area contributed by atoms with Crippen LogP contribution >= 0.6 is 6.89 Å². The molecule has 33 heavy (non-hydrogen) atoms. The Hall–Kier alpha value is -3.60. The van der Waals surface area contributed by atoms with Crippen LogP contribution in [-0.4, -0.2) is 5.29 Å². The molecular weight excluding hydrogens is 415 g/mol. The van der Waals surface area contributed by atoms with Crippen molar-refractivity contribution in [3.8, 4) is 11.1 Å². The summed E-state index contributed by atoms with van der Waals surface area (Å²) in [6, 6.07) is 51.5. The molecule has 0 aliphatic heterocycles. The van der Waals surface area contributed by atoms with Gasteiger partial charge in [0.25, 0.3) is 0 Å². The predicted octanol–water partition coefficient (Wildman–Crippen LogP) is 6.42. The molecule has 0 aromatic heterocycles. The van der Waals surface area contributed by atoms with Crippen LogP contribution < -0.4 is 15.9 Å². The highest BCUT2D eigenvalue weighted by molar-refractivity contribution is 7.95. The van der Waals surface area contributed by atoms with Gasteiger partial charge in [-0.15, -0.1) is 0 Å². The number of benzene rings is 5. The van der Waals surface area contributed by atoms with E-state index in [4.69, 9.17) is 0 Å². The zero-order valence-electron chi connectivity index (χ0n) is 18.4. The van der Waals surface area contributed by atoms with Gasteiger partial charge in [0.1, 0.15) is 0 Å². The summed E-state index contributed by atoms with van der Waals surface area (Å²) >= 11 is 0. The standard InChI is InChI=1S/C32H25P/c1-4-15-26(16-5-1)33(27-17-6-2-7-18-27,28-19-8-3-9-20-28)32-24-25-14-10-11-21-29(25)30-22-12-13-23-31(30)32/h1-23H,24H2. The molecule has 0 fully saturated rings. The third kappa shape index (κ3) is 3.22. The molecule has 1 aliphatic carbocycles. The maximum atomic E-state index is 2.34. The fraction of sp³-hybridized carbons (Fsp3) is 0.0312. The molecule has 0 bridgehead atoms. The second kappa shape index (κ2) is 8.39. The molecule has 0 heterocycles. The quantitative estimate of drug-likeness (QED) is 0.284. The second-order valence-electron chi connectivity index (χ2n) is 8.50. The van der Waals surface area contributed by atoms with Crippen LogP contribution in [0.25, 0.3) is 11.1 Å². The molecule has 6 rings (SSSR count). The van der Waals surface area contributed by atoms with E-state index in [1.54, 1.807) is 5.29 Å². The zero-order chi connectivity index (χ0) is 22.1. The van der Waals surface area contributed by atoms with Gasteiger partial charge < -0.3 is 0 Å². The molecule has 158 valence electrons. The topological polar surface area (TPSA) is 0 Å². The van der Waals surface area contributed by atoms with Crippen LogP contribution in [0.15, 0.2) is 140 Å². The van der Waals surface area contributed by atoms with E-state index in [-0.39, 0.29) is 0 Å². The van der Waals surface area contributed by atoms with E-state index >= 15 is 0 Å². The third-order valence-electron chi connectivity index (χ3n) is 6.74. The lowest BCUT2D eigenvalue weighted by molar-refractivity contribution is 1.31. The van der Waals surface area contributed by atoms with Gasteiger partial charge in [-0.2, -0.15) is 0 Å². The summed E-state index contributed by atoms with van der Waals surface area (Å²) in [5.41, 5.74) is 5.52. The summed E-state index contributed by atoms with van der Waals surface area (Å²) in [6.07, 6.45) is 0.958. The minimum absolute atomic E-state index is 0.958. The van der Waals surface area contributed by atoms with Crippen molar-refractivity contribution in [2.45, 2.75) is 6.42 Å². The van der Waals surface area contributed by atoms with E-state index in [2.05, 4.69) is 140 Å². The lowest BCUT2D eigenvalue weighted by Crippen LogP contribution is -2.32. The molecular formula is C32H25P. The van der Waals surface area contributed by atoms with Gasteiger partial charge in [-0.1, -0.05) is 140 Å². The van der Waals surface area contributed by atoms with Crippen molar-refractivity contribution in [2.24, 2.45) is 0 Å². The first-order valence-corrected chi connectivity index (χ1v) is 13.3. The van der Waals surface area contributed by atoms with Crippen LogP contribution in [0.5, 0.6) is 0 Å². The lowest BCUT2D eigenvalue weighted by atomic mass is 9.86. The monoisotopic (exact) mass is 440 g/mol. The van der Waals surface area contributed by atoms with Crippen molar-refractivity contribution in [3.05, 3.63) is 151 Å². The maximum absolute atomic E-state index is 2.34. The first-order chi connectivity index (χ1) is 16.4. The highest BCUT2D eigenvalue weighted by Crippen LogP contribution is 2.51. The Morgan fingerprint density at radius 3 is 1.27 bits per heavy atom. The van der Waals surface area contributed by atoms with Gasteiger partial charge in [0.2, 0.25) is 0 Å². The van der Waals surface area contributed by atoms with Crippen LogP contribution in [0, 0.1) is 0 Å². The van der Waals surface area contributed by atoms with E-state index in [1.165, 1.54) is 38.2 Å². The van der Waals surface area contributed by atoms with Gasteiger partial charge >= 0.3 is 0 Å². The molecule has 0 atom stereocenters. The predicted molar refractivity (Wildman–Crippen MR) is 145 cm³/mol. The highest BCUT2D eigenvalue weighted by atomic mass is 31.2. The van der Waals surface area contributed by atoms with Gasteiger partial charge in [-0.3, -0.25) is 0 Å². The Labute approximate surface area is 196 Å². The van der Waals surface area contributed by atoms with Crippen molar-refractivity contribution in [1.82, 2.24) is 0 Å². The second-order valence-corrected chi connectivity index (χ2v) is 11.9. The summed E-state index contributed by atoms with van der Waals surface area (Å²) in [7, 11) is 0. The molecule has 0 unspecified atom stereocenters. The third-order valence-corrected chi connectivity index (χ3v) is 11.2. The zero-order valence-corrected chi connectivity index (χ0v) is 19.3. The van der Waals surface area contributed by atoms with Gasteiger partial charge in [-0.25, -0.2) is 0 Å². The molecule has 0 N–H and O–H groups in total. The molecule has 0 amide bonds. The fourth-order valence-electron chi connectivity index (χ4n) is 5.35. The van der Waals surface area contributed by atoms with Crippen LogP contribution in [0.3, 0.4) is 0 Å². The van der Waals surface area contributed by atoms with Crippen molar-refractivity contribution < 1.29 is 0 Å². The van der Waals surface area contributed by atoms with Crippen LogP contribution in [0.2, 0.25) is 0 Å². The fourth-order valence-corrected chi connectivity index (χ4v) is 10.0. The number of hydrogen-bond acceptors (Lipinski definition) is 0. The Morgan fingerprint density at radius 1 is 0.364 bits per heavy atom.